The van der Waals surface area contributed by atoms with Gasteiger partial charge in [-0.3, -0.25) is 9.59 Å². The number of nitrogens with zero attached hydrogens (tertiary/aromatic N) is 1. The molecule has 1 N–H and O–H groups in total. The summed E-state index contributed by atoms with van der Waals surface area (Å²) in [5.74, 6) is -1.45. The first-order chi connectivity index (χ1) is 8.28. The van der Waals surface area contributed by atoms with Crippen molar-refractivity contribution in [1.82, 2.24) is 4.90 Å². The van der Waals surface area contributed by atoms with Crippen molar-refractivity contribution in [2.75, 3.05) is 31.7 Å². The minimum atomic E-state index is -3.16. The molecule has 1 amide bonds. The predicted molar refractivity (Wildman–Crippen MR) is 62.9 cm³/mol. The summed E-state index contributed by atoms with van der Waals surface area (Å²) < 4.78 is 27.1. The lowest BCUT2D eigenvalue weighted by Crippen LogP contribution is -2.46. The molecule has 1 atom stereocenters. The molecule has 7 nitrogen and oxygen atoms in total. The molecule has 1 fully saturated rings. The molecule has 0 aromatic rings. The average molecular weight is 279 g/mol. The maximum absolute atomic E-state index is 11.7. The van der Waals surface area contributed by atoms with E-state index in [1.54, 1.807) is 0 Å². The standard InChI is InChI=1S/C10H17NO6S/c1-18(15,16)5-2-9(12)11-3-4-17-8(7-11)6-10(13)14/h8H,2-7H2,1H3,(H,13,14). The van der Waals surface area contributed by atoms with Crippen LogP contribution in [0.1, 0.15) is 12.8 Å². The number of amides is 1. The van der Waals surface area contributed by atoms with Gasteiger partial charge in [-0.1, -0.05) is 0 Å². The van der Waals surface area contributed by atoms with Crippen LogP contribution >= 0.6 is 0 Å². The van der Waals surface area contributed by atoms with E-state index in [0.29, 0.717) is 6.54 Å². The van der Waals surface area contributed by atoms with Crippen molar-refractivity contribution in [2.45, 2.75) is 18.9 Å². The van der Waals surface area contributed by atoms with Crippen molar-refractivity contribution in [3.05, 3.63) is 0 Å². The summed E-state index contributed by atoms with van der Waals surface area (Å²) >= 11 is 0. The van der Waals surface area contributed by atoms with Crippen LogP contribution in [0.15, 0.2) is 0 Å². The van der Waals surface area contributed by atoms with E-state index in [0.717, 1.165) is 6.26 Å². The Morgan fingerprint density at radius 1 is 1.44 bits per heavy atom. The fourth-order valence-electron chi connectivity index (χ4n) is 1.69. The summed E-state index contributed by atoms with van der Waals surface area (Å²) in [4.78, 5) is 23.7. The van der Waals surface area contributed by atoms with Crippen LogP contribution in [0.4, 0.5) is 0 Å². The highest BCUT2D eigenvalue weighted by atomic mass is 32.2. The molecule has 0 aromatic carbocycles. The molecule has 0 saturated carbocycles. The molecule has 0 aliphatic carbocycles. The van der Waals surface area contributed by atoms with Gasteiger partial charge in [-0.25, -0.2) is 8.42 Å². The molecule has 0 radical (unpaired) electrons. The molecule has 0 bridgehead atoms. The number of ether oxygens (including phenoxy) is 1. The number of carboxylic acid groups (broad SMARTS) is 1. The van der Waals surface area contributed by atoms with Crippen molar-refractivity contribution in [3.8, 4) is 0 Å². The van der Waals surface area contributed by atoms with Crippen LogP contribution in [0.25, 0.3) is 0 Å². The highest BCUT2D eigenvalue weighted by Gasteiger charge is 2.26. The van der Waals surface area contributed by atoms with Crippen LogP contribution in [0.2, 0.25) is 0 Å². The second-order valence-electron chi connectivity index (χ2n) is 4.31. The summed E-state index contributed by atoms with van der Waals surface area (Å²) in [6.45, 7) is 0.857. The zero-order chi connectivity index (χ0) is 13.8. The monoisotopic (exact) mass is 279 g/mol. The van der Waals surface area contributed by atoms with Gasteiger partial charge in [-0.15, -0.1) is 0 Å². The highest BCUT2D eigenvalue weighted by Crippen LogP contribution is 2.10. The van der Waals surface area contributed by atoms with E-state index < -0.39 is 21.9 Å². The molecule has 1 saturated heterocycles. The number of sulfone groups is 1. The van der Waals surface area contributed by atoms with Gasteiger partial charge >= 0.3 is 5.97 Å². The summed E-state index contributed by atoms with van der Waals surface area (Å²) in [6, 6.07) is 0. The van der Waals surface area contributed by atoms with Gasteiger partial charge in [0.15, 0.2) is 0 Å². The van der Waals surface area contributed by atoms with E-state index in [-0.39, 0.29) is 37.7 Å². The minimum Gasteiger partial charge on any atom is -0.481 e. The lowest BCUT2D eigenvalue weighted by atomic mass is 10.2. The SMILES string of the molecule is CS(=O)(=O)CCC(=O)N1CCOC(CC(=O)O)C1. The number of hydrogen-bond donors (Lipinski definition) is 1. The lowest BCUT2D eigenvalue weighted by Gasteiger charge is -2.32. The average Bonchev–Trinajstić information content (AvgIpc) is 2.24. The maximum atomic E-state index is 11.7. The van der Waals surface area contributed by atoms with Gasteiger partial charge in [0.25, 0.3) is 0 Å². The number of morpholine rings is 1. The van der Waals surface area contributed by atoms with Crippen molar-refractivity contribution in [3.63, 3.8) is 0 Å². The van der Waals surface area contributed by atoms with E-state index in [1.165, 1.54) is 4.90 Å². The fourth-order valence-corrected chi connectivity index (χ4v) is 2.24. The Kier molecular flexibility index (Phi) is 5.09. The molecule has 0 spiro atoms. The molecule has 1 heterocycles. The van der Waals surface area contributed by atoms with Gasteiger partial charge in [0, 0.05) is 25.8 Å². The van der Waals surface area contributed by atoms with E-state index >= 15 is 0 Å². The fraction of sp³-hybridized carbons (Fsp3) is 0.800. The molecule has 1 unspecified atom stereocenters. The summed E-state index contributed by atoms with van der Waals surface area (Å²) in [6.07, 6.45) is 0.333. The minimum absolute atomic E-state index is 0.0708. The third kappa shape index (κ3) is 5.46. The Hall–Kier alpha value is -1.15. The maximum Gasteiger partial charge on any atom is 0.306 e. The largest absolute Gasteiger partial charge is 0.481 e. The molecule has 18 heavy (non-hydrogen) atoms. The first kappa shape index (κ1) is 14.9. The van der Waals surface area contributed by atoms with Gasteiger partial charge in [0.1, 0.15) is 9.84 Å². The molecule has 1 rings (SSSR count). The second kappa shape index (κ2) is 6.14. The summed E-state index contributed by atoms with van der Waals surface area (Å²) in [5, 5.41) is 8.64. The van der Waals surface area contributed by atoms with Crippen LogP contribution in [-0.2, 0) is 24.2 Å². The Labute approximate surface area is 106 Å². The Bertz CT molecular complexity index is 418. The summed E-state index contributed by atoms with van der Waals surface area (Å²) in [5.41, 5.74) is 0. The van der Waals surface area contributed by atoms with E-state index in [1.807, 2.05) is 0 Å². The first-order valence-corrected chi connectivity index (χ1v) is 7.63. The normalized spacial score (nSPS) is 20.7. The third-order valence-corrected chi connectivity index (χ3v) is 3.53. The second-order valence-corrected chi connectivity index (χ2v) is 6.57. The van der Waals surface area contributed by atoms with Gasteiger partial charge < -0.3 is 14.7 Å². The van der Waals surface area contributed by atoms with Crippen LogP contribution in [0.3, 0.4) is 0 Å². The van der Waals surface area contributed by atoms with E-state index in [2.05, 4.69) is 0 Å². The van der Waals surface area contributed by atoms with Crippen LogP contribution < -0.4 is 0 Å². The van der Waals surface area contributed by atoms with E-state index in [4.69, 9.17) is 9.84 Å². The Morgan fingerprint density at radius 3 is 2.67 bits per heavy atom. The predicted octanol–water partition coefficient (Wildman–Crippen LogP) is -0.877. The molecule has 104 valence electrons. The number of carbonyl (C=O) groups is 2. The van der Waals surface area contributed by atoms with Gasteiger partial charge in [0.2, 0.25) is 5.91 Å². The van der Waals surface area contributed by atoms with Crippen molar-refractivity contribution in [2.24, 2.45) is 0 Å². The van der Waals surface area contributed by atoms with Gasteiger partial charge in [-0.2, -0.15) is 0 Å². The van der Waals surface area contributed by atoms with E-state index in [9.17, 15) is 18.0 Å². The molecule has 1 aliphatic rings. The topological polar surface area (TPSA) is 101 Å². The van der Waals surface area contributed by atoms with Crippen LogP contribution in [0, 0.1) is 0 Å². The summed E-state index contributed by atoms with van der Waals surface area (Å²) in [7, 11) is -3.16. The smallest absolute Gasteiger partial charge is 0.306 e. The first-order valence-electron chi connectivity index (χ1n) is 5.57. The number of hydrogen-bond acceptors (Lipinski definition) is 5. The van der Waals surface area contributed by atoms with Crippen molar-refractivity contribution in [1.29, 1.82) is 0 Å². The van der Waals surface area contributed by atoms with Crippen molar-refractivity contribution < 1.29 is 27.9 Å². The number of aliphatic carboxylic acids is 1. The number of carbonyl (C=O) groups excluding carboxylic acids is 1. The number of rotatable bonds is 5. The quantitative estimate of drug-likeness (QED) is 0.701. The molecular formula is C10H17NO6S. The highest BCUT2D eigenvalue weighted by molar-refractivity contribution is 7.90. The molecule has 1 aliphatic heterocycles. The lowest BCUT2D eigenvalue weighted by molar-refractivity contribution is -0.147. The third-order valence-electron chi connectivity index (χ3n) is 2.58. The molecule has 0 aromatic heterocycles. The Morgan fingerprint density at radius 2 is 2.11 bits per heavy atom. The Balaban J connectivity index is 2.45. The van der Waals surface area contributed by atoms with Gasteiger partial charge in [-0.05, 0) is 0 Å². The van der Waals surface area contributed by atoms with Gasteiger partial charge in [0.05, 0.1) is 24.9 Å². The van der Waals surface area contributed by atoms with Crippen molar-refractivity contribution >= 4 is 21.7 Å². The zero-order valence-corrected chi connectivity index (χ0v) is 11.0. The van der Waals surface area contributed by atoms with Crippen LogP contribution in [0.5, 0.6) is 0 Å². The van der Waals surface area contributed by atoms with Crippen LogP contribution in [-0.4, -0.2) is 68.1 Å². The molecular weight excluding hydrogens is 262 g/mol. The molecule has 8 heteroatoms. The zero-order valence-electron chi connectivity index (χ0n) is 10.2. The number of carboxylic acids is 1.